The predicted octanol–water partition coefficient (Wildman–Crippen LogP) is 4.71. The van der Waals surface area contributed by atoms with Gasteiger partial charge in [-0.05, 0) is 74.1 Å². The Labute approximate surface area is 182 Å². The van der Waals surface area contributed by atoms with Crippen molar-refractivity contribution in [3.05, 3.63) is 77.4 Å². The van der Waals surface area contributed by atoms with E-state index in [2.05, 4.69) is 30.6 Å². The number of fused-ring (bicyclic) bond motifs is 1. The van der Waals surface area contributed by atoms with Crippen molar-refractivity contribution in [3.63, 3.8) is 0 Å². The second kappa shape index (κ2) is 8.79. The zero-order valence-corrected chi connectivity index (χ0v) is 18.0. The van der Waals surface area contributed by atoms with Gasteiger partial charge in [-0.1, -0.05) is 30.3 Å². The molecule has 164 valence electrons. The first-order valence-corrected chi connectivity index (χ1v) is 10.9. The van der Waals surface area contributed by atoms with E-state index >= 15 is 0 Å². The number of hydrogen-bond donors (Lipinski definition) is 2. The smallest absolute Gasteiger partial charge is 0.318 e. The topological polar surface area (TPSA) is 44.4 Å². The molecular weight excluding hydrogens is 396 g/mol. The van der Waals surface area contributed by atoms with Gasteiger partial charge in [0.25, 0.3) is 0 Å². The molecule has 2 aromatic rings. The largest absolute Gasteiger partial charge is 0.331 e. The average Bonchev–Trinajstić information content (AvgIpc) is 2.99. The van der Waals surface area contributed by atoms with Crippen LogP contribution in [-0.4, -0.2) is 41.6 Å². The number of halogens is 2. The Morgan fingerprint density at radius 3 is 2.19 bits per heavy atom. The minimum atomic E-state index is -0.284. The second-order valence-corrected chi connectivity index (χ2v) is 8.95. The summed E-state index contributed by atoms with van der Waals surface area (Å²) in [5.41, 5.74) is 2.52. The Morgan fingerprint density at radius 1 is 1.03 bits per heavy atom. The van der Waals surface area contributed by atoms with Gasteiger partial charge in [-0.15, -0.1) is 0 Å². The number of hydrogen-bond acceptors (Lipinski definition) is 2. The predicted molar refractivity (Wildman–Crippen MR) is 119 cm³/mol. The van der Waals surface area contributed by atoms with E-state index in [1.54, 1.807) is 24.3 Å². The van der Waals surface area contributed by atoms with Crippen LogP contribution in [0.4, 0.5) is 13.6 Å². The molecule has 2 aliphatic heterocycles. The molecule has 2 heterocycles. The summed E-state index contributed by atoms with van der Waals surface area (Å²) in [4.78, 5) is 14.5. The molecule has 0 aliphatic carbocycles. The summed E-state index contributed by atoms with van der Waals surface area (Å²) in [6.07, 6.45) is 4.74. The Morgan fingerprint density at radius 2 is 1.61 bits per heavy atom. The average molecular weight is 426 g/mol. The van der Waals surface area contributed by atoms with Crippen LogP contribution in [0.5, 0.6) is 0 Å². The first kappa shape index (κ1) is 21.5. The van der Waals surface area contributed by atoms with Gasteiger partial charge in [-0.2, -0.15) is 0 Å². The lowest BCUT2D eigenvalue weighted by Gasteiger charge is -2.40. The van der Waals surface area contributed by atoms with Gasteiger partial charge < -0.3 is 15.5 Å². The molecule has 0 radical (unpaired) electrons. The van der Waals surface area contributed by atoms with Crippen molar-refractivity contribution in [1.82, 2.24) is 15.5 Å². The molecule has 2 aliphatic rings. The van der Waals surface area contributed by atoms with Gasteiger partial charge in [0.05, 0.1) is 11.6 Å². The van der Waals surface area contributed by atoms with Crippen molar-refractivity contribution in [1.29, 1.82) is 0 Å². The van der Waals surface area contributed by atoms with E-state index in [1.807, 2.05) is 4.90 Å². The number of unbranched alkanes of at least 4 members (excludes halogenated alkanes) is 1. The van der Waals surface area contributed by atoms with Crippen LogP contribution in [-0.2, 0) is 0 Å². The molecular formula is C25H29F2N3O. The molecule has 4 rings (SSSR count). The summed E-state index contributed by atoms with van der Waals surface area (Å²) >= 11 is 0. The summed E-state index contributed by atoms with van der Waals surface area (Å²) in [5.74, 6) is -0.568. The highest BCUT2D eigenvalue weighted by atomic mass is 19.1. The molecule has 31 heavy (non-hydrogen) atoms. The van der Waals surface area contributed by atoms with Crippen LogP contribution < -0.4 is 10.6 Å². The Kier molecular flexibility index (Phi) is 6.10. The van der Waals surface area contributed by atoms with Crippen molar-refractivity contribution < 1.29 is 13.6 Å². The maximum atomic E-state index is 13.4. The van der Waals surface area contributed by atoms with Crippen molar-refractivity contribution in [2.24, 2.45) is 0 Å². The van der Waals surface area contributed by atoms with E-state index in [9.17, 15) is 13.6 Å². The normalized spacial score (nSPS) is 22.1. The van der Waals surface area contributed by atoms with Gasteiger partial charge in [0.2, 0.25) is 0 Å². The van der Waals surface area contributed by atoms with Crippen molar-refractivity contribution >= 4 is 11.6 Å². The third-order valence-corrected chi connectivity index (χ3v) is 6.34. The lowest BCUT2D eigenvalue weighted by molar-refractivity contribution is 0.124. The molecule has 2 amide bonds. The minimum Gasteiger partial charge on any atom is -0.331 e. The monoisotopic (exact) mass is 425 g/mol. The van der Waals surface area contributed by atoms with Gasteiger partial charge in [-0.25, -0.2) is 13.6 Å². The van der Waals surface area contributed by atoms with Gasteiger partial charge in [0, 0.05) is 19.1 Å². The molecule has 0 saturated carbocycles. The van der Waals surface area contributed by atoms with E-state index in [0.29, 0.717) is 0 Å². The zero-order chi connectivity index (χ0) is 22.0. The fraction of sp³-hybridized carbons (Fsp3) is 0.400. The quantitative estimate of drug-likeness (QED) is 0.659. The third kappa shape index (κ3) is 4.64. The standard InChI is InChI=1S/C25H29F2N3O/c1-25(2)23-16-28-15-21(30(23)24(31)29-25)5-3-4-6-22(17-7-11-19(26)12-8-17)18-9-13-20(27)14-10-18/h6-14,21,23,28H,3-5,15-16H2,1-2H3,(H,29,31). The second-order valence-electron chi connectivity index (χ2n) is 8.95. The molecule has 2 aromatic carbocycles. The fourth-order valence-corrected chi connectivity index (χ4v) is 4.67. The van der Waals surface area contributed by atoms with E-state index in [1.165, 1.54) is 24.3 Å². The van der Waals surface area contributed by atoms with Gasteiger partial charge in [0.1, 0.15) is 11.6 Å². The van der Waals surface area contributed by atoms with Gasteiger partial charge >= 0.3 is 6.03 Å². The van der Waals surface area contributed by atoms with Crippen molar-refractivity contribution in [2.75, 3.05) is 13.1 Å². The van der Waals surface area contributed by atoms with Crippen LogP contribution in [0.2, 0.25) is 0 Å². The molecule has 4 nitrogen and oxygen atoms in total. The Balaban J connectivity index is 1.46. The summed E-state index contributed by atoms with van der Waals surface area (Å²) in [6, 6.07) is 13.1. The molecule has 2 atom stereocenters. The summed E-state index contributed by atoms with van der Waals surface area (Å²) in [6.45, 7) is 5.74. The number of benzene rings is 2. The zero-order valence-electron chi connectivity index (χ0n) is 18.0. The van der Waals surface area contributed by atoms with Crippen LogP contribution in [0.3, 0.4) is 0 Å². The van der Waals surface area contributed by atoms with E-state index < -0.39 is 0 Å². The number of carbonyl (C=O) groups excluding carboxylic acids is 1. The van der Waals surface area contributed by atoms with Crippen molar-refractivity contribution in [2.45, 2.75) is 50.7 Å². The van der Waals surface area contributed by atoms with Gasteiger partial charge in [-0.3, -0.25) is 0 Å². The number of urea groups is 1. The summed E-state index contributed by atoms with van der Waals surface area (Å²) < 4.78 is 26.8. The molecule has 2 saturated heterocycles. The molecule has 6 heteroatoms. The first-order valence-electron chi connectivity index (χ1n) is 10.9. The number of allylic oxidation sites excluding steroid dienone is 1. The number of rotatable bonds is 6. The molecule has 2 N–H and O–H groups in total. The third-order valence-electron chi connectivity index (χ3n) is 6.34. The van der Waals surface area contributed by atoms with E-state index in [0.717, 1.165) is 49.1 Å². The van der Waals surface area contributed by atoms with Crippen LogP contribution in [0, 0.1) is 11.6 Å². The molecule has 2 unspecified atom stereocenters. The van der Waals surface area contributed by atoms with E-state index in [-0.39, 0.29) is 35.3 Å². The number of amides is 2. The summed E-state index contributed by atoms with van der Waals surface area (Å²) in [5, 5.41) is 6.57. The number of piperazine rings is 1. The van der Waals surface area contributed by atoms with Crippen LogP contribution in [0.25, 0.3) is 5.57 Å². The lowest BCUT2D eigenvalue weighted by Crippen LogP contribution is -2.59. The highest BCUT2D eigenvalue weighted by Crippen LogP contribution is 2.30. The summed E-state index contributed by atoms with van der Waals surface area (Å²) in [7, 11) is 0. The molecule has 0 spiro atoms. The fourth-order valence-electron chi connectivity index (χ4n) is 4.67. The molecule has 0 bridgehead atoms. The maximum absolute atomic E-state index is 13.4. The van der Waals surface area contributed by atoms with Crippen LogP contribution in [0.15, 0.2) is 54.6 Å². The number of nitrogens with zero attached hydrogens (tertiary/aromatic N) is 1. The van der Waals surface area contributed by atoms with Crippen LogP contribution in [0.1, 0.15) is 44.2 Å². The maximum Gasteiger partial charge on any atom is 0.318 e. The van der Waals surface area contributed by atoms with Crippen molar-refractivity contribution in [3.8, 4) is 0 Å². The molecule has 2 fully saturated rings. The first-order chi connectivity index (χ1) is 14.8. The highest BCUT2D eigenvalue weighted by Gasteiger charge is 2.49. The van der Waals surface area contributed by atoms with Crippen LogP contribution >= 0.6 is 0 Å². The number of nitrogens with one attached hydrogen (secondary N) is 2. The Hall–Kier alpha value is -2.73. The number of carbonyl (C=O) groups is 1. The van der Waals surface area contributed by atoms with E-state index in [4.69, 9.17) is 0 Å². The lowest BCUT2D eigenvalue weighted by atomic mass is 9.91. The minimum absolute atomic E-state index is 0.0235. The van der Waals surface area contributed by atoms with Gasteiger partial charge in [0.15, 0.2) is 0 Å². The SMILES string of the molecule is CC1(C)NC(=O)N2C(CCCC=C(c3ccc(F)cc3)c3ccc(F)cc3)CNCC21. The highest BCUT2D eigenvalue weighted by molar-refractivity contribution is 5.80. The Bertz CT molecular complexity index is 906. The molecule has 0 aromatic heterocycles.